The molecule has 0 atom stereocenters. The monoisotopic (exact) mass is 226 g/mol. The molecular formula is C14H14N2O. The number of hydrogen-bond donors (Lipinski definition) is 0. The Labute approximate surface area is 99.9 Å². The summed E-state index contributed by atoms with van der Waals surface area (Å²) in [5, 5.41) is 9.62. The van der Waals surface area contributed by atoms with Crippen LogP contribution in [-0.2, 0) is 6.54 Å². The van der Waals surface area contributed by atoms with Crippen molar-refractivity contribution in [3.05, 3.63) is 45.2 Å². The van der Waals surface area contributed by atoms with Gasteiger partial charge in [-0.2, -0.15) is 5.26 Å². The highest BCUT2D eigenvalue weighted by Crippen LogP contribution is 2.18. The van der Waals surface area contributed by atoms with Gasteiger partial charge in [-0.05, 0) is 38.0 Å². The fourth-order valence-electron chi connectivity index (χ4n) is 2.27. The molecule has 1 heterocycles. The molecule has 0 amide bonds. The molecule has 3 nitrogen and oxygen atoms in total. The average Bonchev–Trinajstić information content (AvgIpc) is 2.30. The van der Waals surface area contributed by atoms with Crippen LogP contribution in [0.4, 0.5) is 0 Å². The van der Waals surface area contributed by atoms with E-state index >= 15 is 0 Å². The van der Waals surface area contributed by atoms with Gasteiger partial charge in [0.15, 0.2) is 0 Å². The number of pyridine rings is 1. The van der Waals surface area contributed by atoms with Crippen LogP contribution in [0.25, 0.3) is 10.9 Å². The number of fused-ring (bicyclic) bond motifs is 1. The molecule has 0 N–H and O–H groups in total. The Morgan fingerprint density at radius 2 is 2.06 bits per heavy atom. The third-order valence-corrected chi connectivity index (χ3v) is 2.97. The zero-order valence-electron chi connectivity index (χ0n) is 10.2. The number of benzene rings is 1. The molecule has 0 aliphatic carbocycles. The molecular weight excluding hydrogens is 212 g/mol. The Morgan fingerprint density at radius 1 is 1.35 bits per heavy atom. The van der Waals surface area contributed by atoms with Gasteiger partial charge < -0.3 is 4.57 Å². The molecule has 0 bridgehead atoms. The Hall–Kier alpha value is -2.08. The molecule has 2 rings (SSSR count). The summed E-state index contributed by atoms with van der Waals surface area (Å²) < 4.78 is 1.96. The van der Waals surface area contributed by atoms with Crippen molar-refractivity contribution in [1.29, 1.82) is 5.26 Å². The van der Waals surface area contributed by atoms with Crippen molar-refractivity contribution in [2.75, 3.05) is 0 Å². The van der Waals surface area contributed by atoms with E-state index in [1.165, 1.54) is 0 Å². The van der Waals surface area contributed by atoms with Crippen molar-refractivity contribution < 1.29 is 0 Å². The van der Waals surface area contributed by atoms with E-state index < -0.39 is 0 Å². The van der Waals surface area contributed by atoms with Crippen LogP contribution in [0, 0.1) is 25.2 Å². The standard InChI is InChI=1S/C14H14N2O/c1-4-16-8-11(7-15)14(17)12-6-9(2)5-10(3)13(12)16/h5-6,8H,4H2,1-3H3. The van der Waals surface area contributed by atoms with Crippen LogP contribution in [0.1, 0.15) is 23.6 Å². The summed E-state index contributed by atoms with van der Waals surface area (Å²) in [5.41, 5.74) is 3.10. The molecule has 1 aromatic heterocycles. The van der Waals surface area contributed by atoms with Gasteiger partial charge in [-0.15, -0.1) is 0 Å². The number of aryl methyl sites for hydroxylation is 3. The van der Waals surface area contributed by atoms with E-state index in [9.17, 15) is 4.79 Å². The van der Waals surface area contributed by atoms with Gasteiger partial charge in [-0.25, -0.2) is 0 Å². The summed E-state index contributed by atoms with van der Waals surface area (Å²) in [7, 11) is 0. The van der Waals surface area contributed by atoms with E-state index in [1.807, 2.05) is 37.5 Å². The van der Waals surface area contributed by atoms with Crippen LogP contribution < -0.4 is 5.43 Å². The normalized spacial score (nSPS) is 10.5. The van der Waals surface area contributed by atoms with Gasteiger partial charge in [0.25, 0.3) is 0 Å². The average molecular weight is 226 g/mol. The summed E-state index contributed by atoms with van der Waals surface area (Å²) in [5.74, 6) is 0. The minimum absolute atomic E-state index is 0.168. The predicted octanol–water partition coefficient (Wildman–Crippen LogP) is 2.51. The first-order valence-corrected chi connectivity index (χ1v) is 5.63. The minimum atomic E-state index is -0.168. The smallest absolute Gasteiger partial charge is 0.207 e. The van der Waals surface area contributed by atoms with Gasteiger partial charge in [0, 0.05) is 18.1 Å². The maximum atomic E-state index is 12.1. The summed E-state index contributed by atoms with van der Waals surface area (Å²) in [4.78, 5) is 12.1. The number of hydrogen-bond acceptors (Lipinski definition) is 2. The molecule has 86 valence electrons. The van der Waals surface area contributed by atoms with Gasteiger partial charge in [-0.3, -0.25) is 4.79 Å². The van der Waals surface area contributed by atoms with Crippen molar-refractivity contribution in [3.63, 3.8) is 0 Å². The second kappa shape index (κ2) is 4.06. The zero-order chi connectivity index (χ0) is 12.6. The van der Waals surface area contributed by atoms with Crippen LogP contribution in [0.2, 0.25) is 0 Å². The molecule has 2 aromatic rings. The molecule has 0 aliphatic heterocycles. The second-order valence-corrected chi connectivity index (χ2v) is 4.25. The SMILES string of the molecule is CCn1cc(C#N)c(=O)c2cc(C)cc(C)c21. The van der Waals surface area contributed by atoms with E-state index in [2.05, 4.69) is 6.07 Å². The van der Waals surface area contributed by atoms with E-state index in [0.717, 1.165) is 23.2 Å². The Balaban J connectivity index is 3.07. The first-order chi connectivity index (χ1) is 8.08. The van der Waals surface area contributed by atoms with E-state index in [4.69, 9.17) is 5.26 Å². The lowest BCUT2D eigenvalue weighted by Gasteiger charge is -2.12. The van der Waals surface area contributed by atoms with Crippen LogP contribution >= 0.6 is 0 Å². The molecule has 0 radical (unpaired) electrons. The summed E-state index contributed by atoms with van der Waals surface area (Å²) >= 11 is 0. The van der Waals surface area contributed by atoms with Gasteiger partial charge in [0.2, 0.25) is 5.43 Å². The Bertz CT molecular complexity index is 690. The van der Waals surface area contributed by atoms with Crippen molar-refractivity contribution in [2.24, 2.45) is 0 Å². The molecule has 17 heavy (non-hydrogen) atoms. The highest BCUT2D eigenvalue weighted by Gasteiger charge is 2.10. The first-order valence-electron chi connectivity index (χ1n) is 5.63. The first kappa shape index (κ1) is 11.4. The van der Waals surface area contributed by atoms with Gasteiger partial charge in [-0.1, -0.05) is 6.07 Å². The highest BCUT2D eigenvalue weighted by atomic mass is 16.1. The second-order valence-electron chi connectivity index (χ2n) is 4.25. The molecule has 0 spiro atoms. The Morgan fingerprint density at radius 3 is 2.65 bits per heavy atom. The topological polar surface area (TPSA) is 45.8 Å². The number of nitriles is 1. The van der Waals surface area contributed by atoms with Crippen LogP contribution in [0.15, 0.2) is 23.1 Å². The van der Waals surface area contributed by atoms with Crippen molar-refractivity contribution in [1.82, 2.24) is 4.57 Å². The Kier molecular flexibility index (Phi) is 2.72. The third kappa shape index (κ3) is 1.72. The van der Waals surface area contributed by atoms with Crippen LogP contribution in [-0.4, -0.2) is 4.57 Å². The number of aromatic nitrogens is 1. The summed E-state index contributed by atoms with van der Waals surface area (Å²) in [6.45, 7) is 6.70. The van der Waals surface area contributed by atoms with Gasteiger partial charge in [0.05, 0.1) is 5.52 Å². The van der Waals surface area contributed by atoms with Gasteiger partial charge in [0.1, 0.15) is 11.6 Å². The lowest BCUT2D eigenvalue weighted by atomic mass is 10.0. The molecule has 0 fully saturated rings. The lowest BCUT2D eigenvalue weighted by Crippen LogP contribution is -2.13. The minimum Gasteiger partial charge on any atom is -0.346 e. The molecule has 0 aliphatic rings. The maximum absolute atomic E-state index is 12.1. The van der Waals surface area contributed by atoms with E-state index in [-0.39, 0.29) is 11.0 Å². The van der Waals surface area contributed by atoms with E-state index in [0.29, 0.717) is 5.39 Å². The quantitative estimate of drug-likeness (QED) is 0.750. The zero-order valence-corrected chi connectivity index (χ0v) is 10.2. The predicted molar refractivity (Wildman–Crippen MR) is 68.1 cm³/mol. The number of nitrogens with zero attached hydrogens (tertiary/aromatic N) is 2. The highest BCUT2D eigenvalue weighted by molar-refractivity contribution is 5.84. The summed E-state index contributed by atoms with van der Waals surface area (Å²) in [6, 6.07) is 5.88. The number of rotatable bonds is 1. The fourth-order valence-corrected chi connectivity index (χ4v) is 2.27. The maximum Gasteiger partial charge on any atom is 0.207 e. The fraction of sp³-hybridized carbons (Fsp3) is 0.286. The summed E-state index contributed by atoms with van der Waals surface area (Å²) in [6.07, 6.45) is 1.65. The molecule has 0 saturated heterocycles. The largest absolute Gasteiger partial charge is 0.346 e. The van der Waals surface area contributed by atoms with Gasteiger partial charge >= 0.3 is 0 Å². The molecule has 3 heteroatoms. The molecule has 1 aromatic carbocycles. The third-order valence-electron chi connectivity index (χ3n) is 2.97. The van der Waals surface area contributed by atoms with Crippen molar-refractivity contribution >= 4 is 10.9 Å². The van der Waals surface area contributed by atoms with Crippen LogP contribution in [0.3, 0.4) is 0 Å². The van der Waals surface area contributed by atoms with Crippen molar-refractivity contribution in [2.45, 2.75) is 27.3 Å². The van der Waals surface area contributed by atoms with E-state index in [1.54, 1.807) is 6.20 Å². The molecule has 0 unspecified atom stereocenters. The van der Waals surface area contributed by atoms with Crippen molar-refractivity contribution in [3.8, 4) is 6.07 Å². The lowest BCUT2D eigenvalue weighted by molar-refractivity contribution is 0.783. The van der Waals surface area contributed by atoms with Crippen LogP contribution in [0.5, 0.6) is 0 Å². The molecule has 0 saturated carbocycles.